The molecular weight excluding hydrogens is 265 g/mol. The standard InChI is InChI=1S/C13H14F5N/c1-11(2)9(10(11)19)7-4-3-5-8(6-7)12(14,15)13(16,17)18/h3-6,9-10H,19H2,1-2H3/t9-,10-/m0/s1. The zero-order valence-electron chi connectivity index (χ0n) is 10.4. The molecule has 2 N–H and O–H groups in total. The summed E-state index contributed by atoms with van der Waals surface area (Å²) in [5.74, 6) is -5.02. The van der Waals surface area contributed by atoms with Crippen LogP contribution >= 0.6 is 0 Å². The van der Waals surface area contributed by atoms with Crippen LogP contribution in [0.4, 0.5) is 22.0 Å². The van der Waals surface area contributed by atoms with Crippen LogP contribution in [0.15, 0.2) is 24.3 Å². The summed E-state index contributed by atoms with van der Waals surface area (Å²) in [6.07, 6.45) is -5.59. The number of benzene rings is 1. The molecule has 19 heavy (non-hydrogen) atoms. The summed E-state index contributed by atoms with van der Waals surface area (Å²) in [5, 5.41) is 0. The molecule has 1 aromatic rings. The van der Waals surface area contributed by atoms with E-state index in [0.29, 0.717) is 5.56 Å². The molecule has 2 atom stereocenters. The summed E-state index contributed by atoms with van der Waals surface area (Å²) in [7, 11) is 0. The van der Waals surface area contributed by atoms with E-state index in [1.54, 1.807) is 0 Å². The maximum Gasteiger partial charge on any atom is 0.458 e. The molecule has 0 heterocycles. The van der Waals surface area contributed by atoms with E-state index in [0.717, 1.165) is 12.1 Å². The quantitative estimate of drug-likeness (QED) is 0.819. The Hall–Kier alpha value is -1.17. The number of halogens is 5. The van der Waals surface area contributed by atoms with Crippen LogP contribution in [0.25, 0.3) is 0 Å². The van der Waals surface area contributed by atoms with Gasteiger partial charge in [0.05, 0.1) is 0 Å². The molecule has 0 aromatic heterocycles. The average Bonchev–Trinajstić information content (AvgIpc) is 2.76. The van der Waals surface area contributed by atoms with Crippen molar-refractivity contribution in [1.29, 1.82) is 0 Å². The van der Waals surface area contributed by atoms with Gasteiger partial charge in [0.25, 0.3) is 0 Å². The molecule has 1 nitrogen and oxygen atoms in total. The fourth-order valence-corrected chi connectivity index (χ4v) is 2.41. The van der Waals surface area contributed by atoms with Gasteiger partial charge in [0, 0.05) is 17.5 Å². The van der Waals surface area contributed by atoms with E-state index in [-0.39, 0.29) is 17.4 Å². The first-order valence-corrected chi connectivity index (χ1v) is 5.80. The first-order chi connectivity index (χ1) is 8.49. The van der Waals surface area contributed by atoms with Gasteiger partial charge < -0.3 is 5.73 Å². The highest BCUT2D eigenvalue weighted by molar-refractivity contribution is 5.38. The van der Waals surface area contributed by atoms with Crippen molar-refractivity contribution in [3.8, 4) is 0 Å². The van der Waals surface area contributed by atoms with Gasteiger partial charge in [-0.25, -0.2) is 0 Å². The Morgan fingerprint density at radius 2 is 1.63 bits per heavy atom. The third-order valence-corrected chi connectivity index (χ3v) is 3.88. The third kappa shape index (κ3) is 2.12. The van der Waals surface area contributed by atoms with Gasteiger partial charge in [-0.15, -0.1) is 0 Å². The average molecular weight is 279 g/mol. The number of hydrogen-bond acceptors (Lipinski definition) is 1. The largest absolute Gasteiger partial charge is 0.458 e. The van der Waals surface area contributed by atoms with E-state index in [1.165, 1.54) is 12.1 Å². The lowest BCUT2D eigenvalue weighted by Crippen LogP contribution is -2.33. The summed E-state index contributed by atoms with van der Waals surface area (Å²) in [6.45, 7) is 3.72. The molecule has 0 radical (unpaired) electrons. The Labute approximate surface area is 107 Å². The number of nitrogens with two attached hydrogens (primary N) is 1. The number of rotatable bonds is 2. The molecular formula is C13H14F5N. The molecule has 1 aliphatic carbocycles. The van der Waals surface area contributed by atoms with Crippen molar-refractivity contribution >= 4 is 0 Å². The van der Waals surface area contributed by atoms with Crippen LogP contribution in [0, 0.1) is 5.41 Å². The van der Waals surface area contributed by atoms with Crippen molar-refractivity contribution in [2.45, 2.75) is 37.9 Å². The highest BCUT2D eigenvalue weighted by Crippen LogP contribution is 2.57. The lowest BCUT2D eigenvalue weighted by molar-refractivity contribution is -0.289. The Kier molecular flexibility index (Phi) is 2.93. The van der Waals surface area contributed by atoms with E-state index < -0.39 is 17.7 Å². The molecule has 6 heteroatoms. The van der Waals surface area contributed by atoms with Crippen LogP contribution in [0.2, 0.25) is 0 Å². The second-order valence-electron chi connectivity index (χ2n) is 5.52. The predicted octanol–water partition coefficient (Wildman–Crippen LogP) is 3.79. The van der Waals surface area contributed by atoms with Gasteiger partial charge in [-0.3, -0.25) is 0 Å². The zero-order chi connectivity index (χ0) is 14.6. The fourth-order valence-electron chi connectivity index (χ4n) is 2.41. The van der Waals surface area contributed by atoms with Crippen molar-refractivity contribution in [1.82, 2.24) is 0 Å². The Bertz CT molecular complexity index is 492. The van der Waals surface area contributed by atoms with E-state index in [2.05, 4.69) is 0 Å². The summed E-state index contributed by atoms with van der Waals surface area (Å²) < 4.78 is 63.5. The molecule has 2 rings (SSSR count). The van der Waals surface area contributed by atoms with Gasteiger partial charge in [-0.2, -0.15) is 22.0 Å². The molecule has 0 unspecified atom stereocenters. The Morgan fingerprint density at radius 3 is 2.05 bits per heavy atom. The molecule has 0 spiro atoms. The van der Waals surface area contributed by atoms with E-state index in [9.17, 15) is 22.0 Å². The minimum atomic E-state index is -5.59. The van der Waals surface area contributed by atoms with Gasteiger partial charge in [0.1, 0.15) is 0 Å². The third-order valence-electron chi connectivity index (χ3n) is 3.88. The molecule has 1 saturated carbocycles. The monoisotopic (exact) mass is 279 g/mol. The first-order valence-electron chi connectivity index (χ1n) is 5.80. The number of alkyl halides is 5. The van der Waals surface area contributed by atoms with Crippen molar-refractivity contribution < 1.29 is 22.0 Å². The lowest BCUT2D eigenvalue weighted by atomic mass is 9.98. The maximum atomic E-state index is 13.3. The smallest absolute Gasteiger partial charge is 0.327 e. The predicted molar refractivity (Wildman–Crippen MR) is 60.9 cm³/mol. The SMILES string of the molecule is CC1(C)[C@@H](N)[C@@H]1c1cccc(C(F)(F)C(F)(F)F)c1. The van der Waals surface area contributed by atoms with Crippen molar-refractivity contribution in [2.75, 3.05) is 0 Å². The van der Waals surface area contributed by atoms with Crippen LogP contribution < -0.4 is 5.73 Å². The molecule has 106 valence electrons. The molecule has 0 aliphatic heterocycles. The van der Waals surface area contributed by atoms with E-state index in [4.69, 9.17) is 5.73 Å². The maximum absolute atomic E-state index is 13.3. The van der Waals surface area contributed by atoms with Crippen LogP contribution in [-0.2, 0) is 5.92 Å². The summed E-state index contributed by atoms with van der Waals surface area (Å²) in [6, 6.07) is 4.23. The van der Waals surface area contributed by atoms with E-state index >= 15 is 0 Å². The molecule has 1 aliphatic rings. The molecule has 0 amide bonds. The zero-order valence-corrected chi connectivity index (χ0v) is 10.4. The van der Waals surface area contributed by atoms with Crippen LogP contribution in [-0.4, -0.2) is 12.2 Å². The van der Waals surface area contributed by atoms with Gasteiger partial charge in [0.2, 0.25) is 0 Å². The topological polar surface area (TPSA) is 26.0 Å². The molecule has 1 fully saturated rings. The highest BCUT2D eigenvalue weighted by Gasteiger charge is 2.60. The normalized spacial score (nSPS) is 26.3. The van der Waals surface area contributed by atoms with Gasteiger partial charge in [-0.1, -0.05) is 32.0 Å². The minimum Gasteiger partial charge on any atom is -0.327 e. The van der Waals surface area contributed by atoms with Crippen LogP contribution in [0.1, 0.15) is 30.9 Å². The highest BCUT2D eigenvalue weighted by atomic mass is 19.4. The van der Waals surface area contributed by atoms with Crippen LogP contribution in [0.5, 0.6) is 0 Å². The molecule has 0 bridgehead atoms. The molecule has 1 aromatic carbocycles. The van der Waals surface area contributed by atoms with Gasteiger partial charge in [-0.05, 0) is 17.0 Å². The second kappa shape index (κ2) is 3.91. The van der Waals surface area contributed by atoms with Crippen molar-refractivity contribution in [3.63, 3.8) is 0 Å². The lowest BCUT2D eigenvalue weighted by Gasteiger charge is -2.20. The Balaban J connectivity index is 2.37. The summed E-state index contributed by atoms with van der Waals surface area (Å²) in [4.78, 5) is 0. The Morgan fingerprint density at radius 1 is 1.11 bits per heavy atom. The summed E-state index contributed by atoms with van der Waals surface area (Å²) >= 11 is 0. The second-order valence-corrected chi connectivity index (χ2v) is 5.52. The van der Waals surface area contributed by atoms with E-state index in [1.807, 2.05) is 13.8 Å². The minimum absolute atomic E-state index is 0.184. The number of hydrogen-bond donors (Lipinski definition) is 1. The van der Waals surface area contributed by atoms with Gasteiger partial charge >= 0.3 is 12.1 Å². The van der Waals surface area contributed by atoms with Crippen molar-refractivity contribution in [3.05, 3.63) is 35.4 Å². The molecule has 0 saturated heterocycles. The van der Waals surface area contributed by atoms with Gasteiger partial charge in [0.15, 0.2) is 0 Å². The summed E-state index contributed by atoms with van der Waals surface area (Å²) in [5.41, 5.74) is 4.93. The fraction of sp³-hybridized carbons (Fsp3) is 0.538. The van der Waals surface area contributed by atoms with Crippen LogP contribution in [0.3, 0.4) is 0 Å². The first kappa shape index (κ1) is 14.2. The van der Waals surface area contributed by atoms with Crippen molar-refractivity contribution in [2.24, 2.45) is 11.1 Å².